The van der Waals surface area contributed by atoms with E-state index >= 15 is 0 Å². The smallest absolute Gasteiger partial charge is 0.203 e. The Morgan fingerprint density at radius 2 is 2.05 bits per heavy atom. The molecular weight excluding hydrogens is 250 g/mol. The van der Waals surface area contributed by atoms with Gasteiger partial charge in [0.05, 0.1) is 23.9 Å². The Bertz CT molecular complexity index is 666. The number of ketones is 1. The molecule has 3 heteroatoms. The standard InChI is InChI=1S/C17H17NO2/c1-17(2)11-12-6-3-4-7-13(12)14(18-17)10-15(19)16-8-5-9-20-16/h3-9H,10-11H2,1-2H3. The molecule has 0 fully saturated rings. The van der Waals surface area contributed by atoms with Crippen molar-refractivity contribution >= 4 is 11.5 Å². The summed E-state index contributed by atoms with van der Waals surface area (Å²) in [6, 6.07) is 11.6. The van der Waals surface area contributed by atoms with Gasteiger partial charge < -0.3 is 4.42 Å². The second-order valence-electron chi connectivity index (χ2n) is 5.78. The molecule has 1 aliphatic rings. The molecular formula is C17H17NO2. The summed E-state index contributed by atoms with van der Waals surface area (Å²) in [6.07, 6.45) is 2.71. The Morgan fingerprint density at radius 1 is 1.25 bits per heavy atom. The van der Waals surface area contributed by atoms with Gasteiger partial charge in [0.25, 0.3) is 0 Å². The minimum absolute atomic E-state index is 0.0266. The summed E-state index contributed by atoms with van der Waals surface area (Å²) in [5.74, 6) is 0.370. The van der Waals surface area contributed by atoms with Crippen LogP contribution in [0.1, 0.15) is 41.9 Å². The molecule has 0 N–H and O–H groups in total. The molecule has 0 spiro atoms. The molecule has 0 radical (unpaired) electrons. The maximum Gasteiger partial charge on any atom is 0.203 e. The first-order valence-corrected chi connectivity index (χ1v) is 6.79. The van der Waals surface area contributed by atoms with Crippen molar-refractivity contribution in [2.24, 2.45) is 4.99 Å². The number of furan rings is 1. The highest BCUT2D eigenvalue weighted by Gasteiger charge is 2.27. The monoisotopic (exact) mass is 267 g/mol. The van der Waals surface area contributed by atoms with Crippen LogP contribution in [0.5, 0.6) is 0 Å². The summed E-state index contributed by atoms with van der Waals surface area (Å²) in [5.41, 5.74) is 3.05. The van der Waals surface area contributed by atoms with Crippen molar-refractivity contribution in [2.75, 3.05) is 0 Å². The molecule has 0 amide bonds. The van der Waals surface area contributed by atoms with Gasteiger partial charge in [-0.2, -0.15) is 0 Å². The average Bonchev–Trinajstić information content (AvgIpc) is 2.91. The lowest BCUT2D eigenvalue weighted by molar-refractivity contribution is 0.0974. The van der Waals surface area contributed by atoms with Gasteiger partial charge in [-0.25, -0.2) is 0 Å². The van der Waals surface area contributed by atoms with E-state index in [1.807, 2.05) is 18.2 Å². The van der Waals surface area contributed by atoms with E-state index in [-0.39, 0.29) is 17.7 Å². The number of hydrogen-bond acceptors (Lipinski definition) is 3. The van der Waals surface area contributed by atoms with Gasteiger partial charge in [0.1, 0.15) is 0 Å². The van der Waals surface area contributed by atoms with Gasteiger partial charge in [-0.05, 0) is 43.5 Å². The van der Waals surface area contributed by atoms with Crippen molar-refractivity contribution in [1.82, 2.24) is 0 Å². The number of nitrogens with zero attached hydrogens (tertiary/aromatic N) is 1. The van der Waals surface area contributed by atoms with Crippen LogP contribution in [0.4, 0.5) is 0 Å². The fourth-order valence-electron chi connectivity index (χ4n) is 2.70. The molecule has 0 bridgehead atoms. The Morgan fingerprint density at radius 3 is 2.80 bits per heavy atom. The molecule has 0 atom stereocenters. The van der Waals surface area contributed by atoms with Crippen LogP contribution in [-0.4, -0.2) is 17.0 Å². The molecule has 3 nitrogen and oxygen atoms in total. The first-order chi connectivity index (χ1) is 9.55. The van der Waals surface area contributed by atoms with E-state index in [1.54, 1.807) is 12.1 Å². The summed E-state index contributed by atoms with van der Waals surface area (Å²) in [6.45, 7) is 4.20. The number of carbonyl (C=O) groups is 1. The predicted molar refractivity (Wildman–Crippen MR) is 78.4 cm³/mol. The first-order valence-electron chi connectivity index (χ1n) is 6.79. The third-order valence-corrected chi connectivity index (χ3v) is 3.51. The van der Waals surface area contributed by atoms with Crippen LogP contribution in [0.25, 0.3) is 0 Å². The normalized spacial score (nSPS) is 16.4. The second-order valence-corrected chi connectivity index (χ2v) is 5.78. The average molecular weight is 267 g/mol. The fraction of sp³-hybridized carbons (Fsp3) is 0.294. The summed E-state index contributed by atoms with van der Waals surface area (Å²) in [7, 11) is 0. The summed E-state index contributed by atoms with van der Waals surface area (Å²) in [4.78, 5) is 17.0. The third kappa shape index (κ3) is 2.44. The molecule has 0 unspecified atom stereocenters. The van der Waals surface area contributed by atoms with Gasteiger partial charge in [-0.3, -0.25) is 9.79 Å². The molecule has 102 valence electrons. The highest BCUT2D eigenvalue weighted by molar-refractivity contribution is 6.16. The molecule has 3 rings (SSSR count). The Labute approximate surface area is 118 Å². The number of fused-ring (bicyclic) bond motifs is 1. The first kappa shape index (κ1) is 12.9. The van der Waals surface area contributed by atoms with Gasteiger partial charge in [0.15, 0.2) is 5.76 Å². The number of hydrogen-bond donors (Lipinski definition) is 0. The van der Waals surface area contributed by atoms with E-state index in [9.17, 15) is 4.79 Å². The minimum atomic E-state index is -0.160. The van der Waals surface area contributed by atoms with E-state index in [1.165, 1.54) is 11.8 Å². The van der Waals surface area contributed by atoms with Gasteiger partial charge in [-0.1, -0.05) is 24.3 Å². The number of aliphatic imine (C=N–C) groups is 1. The minimum Gasteiger partial charge on any atom is -0.461 e. The molecule has 20 heavy (non-hydrogen) atoms. The quantitative estimate of drug-likeness (QED) is 0.796. The lowest BCUT2D eigenvalue weighted by Gasteiger charge is -2.28. The molecule has 1 aromatic heterocycles. The van der Waals surface area contributed by atoms with Crippen LogP contribution >= 0.6 is 0 Å². The van der Waals surface area contributed by atoms with Crippen LogP contribution in [0.15, 0.2) is 52.1 Å². The molecule has 1 aliphatic heterocycles. The maximum atomic E-state index is 12.2. The zero-order valence-electron chi connectivity index (χ0n) is 11.7. The zero-order valence-corrected chi connectivity index (χ0v) is 11.7. The fourth-order valence-corrected chi connectivity index (χ4v) is 2.70. The zero-order chi connectivity index (χ0) is 14.2. The van der Waals surface area contributed by atoms with E-state index in [4.69, 9.17) is 9.41 Å². The highest BCUT2D eigenvalue weighted by atomic mass is 16.3. The third-order valence-electron chi connectivity index (χ3n) is 3.51. The number of rotatable bonds is 3. The van der Waals surface area contributed by atoms with Crippen molar-refractivity contribution in [3.8, 4) is 0 Å². The van der Waals surface area contributed by atoms with Crippen LogP contribution in [0.2, 0.25) is 0 Å². The van der Waals surface area contributed by atoms with Crippen molar-refractivity contribution in [3.05, 3.63) is 59.5 Å². The van der Waals surface area contributed by atoms with Crippen molar-refractivity contribution in [1.29, 1.82) is 0 Å². The van der Waals surface area contributed by atoms with Crippen molar-refractivity contribution in [2.45, 2.75) is 32.2 Å². The lowest BCUT2D eigenvalue weighted by Crippen LogP contribution is -2.29. The van der Waals surface area contributed by atoms with Crippen molar-refractivity contribution < 1.29 is 9.21 Å². The summed E-state index contributed by atoms with van der Waals surface area (Å²) in [5, 5.41) is 0. The molecule has 2 aromatic rings. The van der Waals surface area contributed by atoms with Gasteiger partial charge in [-0.15, -0.1) is 0 Å². The SMILES string of the molecule is CC1(C)Cc2ccccc2C(CC(=O)c2ccco2)=N1. The Balaban J connectivity index is 1.95. The van der Waals surface area contributed by atoms with Gasteiger partial charge in [0, 0.05) is 0 Å². The highest BCUT2D eigenvalue weighted by Crippen LogP contribution is 2.28. The lowest BCUT2D eigenvalue weighted by atomic mass is 9.85. The van der Waals surface area contributed by atoms with E-state index in [0.717, 1.165) is 17.7 Å². The van der Waals surface area contributed by atoms with Gasteiger partial charge in [0.2, 0.25) is 5.78 Å². The van der Waals surface area contributed by atoms with Gasteiger partial charge >= 0.3 is 0 Å². The number of benzene rings is 1. The largest absolute Gasteiger partial charge is 0.461 e. The number of carbonyl (C=O) groups excluding carboxylic acids is 1. The van der Waals surface area contributed by atoms with Crippen LogP contribution in [0.3, 0.4) is 0 Å². The second kappa shape index (κ2) is 4.75. The number of Topliss-reactive ketones (excluding diaryl/α,β-unsaturated/α-hetero) is 1. The molecule has 1 aromatic carbocycles. The Hall–Kier alpha value is -2.16. The molecule has 0 aliphatic carbocycles. The van der Waals surface area contributed by atoms with E-state index in [2.05, 4.69) is 19.9 Å². The van der Waals surface area contributed by atoms with Crippen LogP contribution in [0, 0.1) is 0 Å². The molecule has 0 saturated carbocycles. The molecule has 2 heterocycles. The van der Waals surface area contributed by atoms with E-state index in [0.29, 0.717) is 5.76 Å². The topological polar surface area (TPSA) is 42.6 Å². The summed E-state index contributed by atoms with van der Waals surface area (Å²) < 4.78 is 5.17. The van der Waals surface area contributed by atoms with Crippen molar-refractivity contribution in [3.63, 3.8) is 0 Å². The molecule has 0 saturated heterocycles. The van der Waals surface area contributed by atoms with E-state index < -0.39 is 0 Å². The maximum absolute atomic E-state index is 12.2. The summed E-state index contributed by atoms with van der Waals surface area (Å²) >= 11 is 0. The predicted octanol–water partition coefficient (Wildman–Crippen LogP) is 3.68. The Kier molecular flexibility index (Phi) is 3.05. The van der Waals surface area contributed by atoms with Crippen LogP contribution in [-0.2, 0) is 6.42 Å². The van der Waals surface area contributed by atoms with Crippen LogP contribution < -0.4 is 0 Å².